The predicted molar refractivity (Wildman–Crippen MR) is 240 cm³/mol. The molecule has 0 unspecified atom stereocenters. The van der Waals surface area contributed by atoms with Gasteiger partial charge in [-0.05, 0) is 74.5 Å². The van der Waals surface area contributed by atoms with Crippen LogP contribution in [0.3, 0.4) is 0 Å². The summed E-state index contributed by atoms with van der Waals surface area (Å²) in [7, 11) is 0. The second kappa shape index (κ2) is 20.3. The molecule has 0 saturated heterocycles. The normalized spacial score (nSPS) is 12.2. The van der Waals surface area contributed by atoms with Crippen molar-refractivity contribution in [2.24, 2.45) is 0 Å². The molecule has 0 saturated carbocycles. The Morgan fingerprint density at radius 3 is 1.49 bits per heavy atom. The molecule has 8 heterocycles. The Balaban J connectivity index is 0.000000183. The lowest BCUT2D eigenvalue weighted by Gasteiger charge is -2.15. The lowest BCUT2D eigenvalue weighted by molar-refractivity contribution is -0.698. The number of hydrogen-bond donors (Lipinski definition) is 2. The van der Waals surface area contributed by atoms with Gasteiger partial charge < -0.3 is 9.55 Å². The molecular weight excluding hydrogens is 840 g/mol. The van der Waals surface area contributed by atoms with Crippen molar-refractivity contribution < 1.29 is 23.7 Å². The molecular formula is C45H40BCl2N11O4+. The fraction of sp³-hybridized carbons (Fsp3) is 0.111. The van der Waals surface area contributed by atoms with Gasteiger partial charge in [-0.3, -0.25) is 39.0 Å². The third-order valence-corrected chi connectivity index (χ3v) is 10.2. The van der Waals surface area contributed by atoms with E-state index in [0.29, 0.717) is 22.3 Å². The summed E-state index contributed by atoms with van der Waals surface area (Å²) >= 11 is 0. The largest absolute Gasteiger partial charge is 0.348 e. The second-order valence-electron chi connectivity index (χ2n) is 13.9. The highest BCUT2D eigenvalue weighted by Crippen LogP contribution is 2.26. The Bertz CT molecular complexity index is 2800. The molecule has 2 aromatic carbocycles. The van der Waals surface area contributed by atoms with Gasteiger partial charge in [-0.15, -0.1) is 24.8 Å². The number of aromatic amines is 2. The van der Waals surface area contributed by atoms with E-state index in [1.807, 2.05) is 67.9 Å². The molecule has 2 N–H and O–H groups in total. The zero-order chi connectivity index (χ0) is 41.8. The average Bonchev–Trinajstić information content (AvgIpc) is 4.09. The number of aryl methyl sites for hydroxylation is 2. The summed E-state index contributed by atoms with van der Waals surface area (Å²) in [5.74, 6) is -1.07. The van der Waals surface area contributed by atoms with Gasteiger partial charge >= 0.3 is 0 Å². The number of carbonyl (C=O) groups is 4. The summed E-state index contributed by atoms with van der Waals surface area (Å²) in [5, 5.41) is 0. The van der Waals surface area contributed by atoms with Gasteiger partial charge in [0.2, 0.25) is 6.33 Å². The van der Waals surface area contributed by atoms with Gasteiger partial charge in [0.1, 0.15) is 12.4 Å². The van der Waals surface area contributed by atoms with E-state index in [0.717, 1.165) is 50.9 Å². The number of nitrogens with one attached hydrogen (secondary N) is 2. The van der Waals surface area contributed by atoms with E-state index in [9.17, 15) is 19.2 Å². The predicted octanol–water partition coefficient (Wildman–Crippen LogP) is 6.68. The Kier molecular flexibility index (Phi) is 15.0. The first-order valence-electron chi connectivity index (χ1n) is 18.9. The van der Waals surface area contributed by atoms with E-state index in [1.54, 1.807) is 103 Å². The quantitative estimate of drug-likeness (QED) is 0.100. The van der Waals surface area contributed by atoms with Crippen molar-refractivity contribution in [3.8, 4) is 33.8 Å². The molecule has 0 bridgehead atoms. The second-order valence-corrected chi connectivity index (χ2v) is 13.9. The maximum absolute atomic E-state index is 12.5. The van der Waals surface area contributed by atoms with Gasteiger partial charge in [0.05, 0.1) is 46.3 Å². The van der Waals surface area contributed by atoms with Gasteiger partial charge in [0, 0.05) is 80.6 Å². The fourth-order valence-corrected chi connectivity index (χ4v) is 7.08. The number of nitrogens with zero attached hydrogens (tertiary/aromatic N) is 9. The monoisotopic (exact) mass is 879 g/mol. The van der Waals surface area contributed by atoms with E-state index in [2.05, 4.69) is 34.9 Å². The van der Waals surface area contributed by atoms with E-state index >= 15 is 0 Å². The van der Waals surface area contributed by atoms with E-state index in [4.69, 9.17) is 0 Å². The summed E-state index contributed by atoms with van der Waals surface area (Å²) in [5.41, 5.74) is 10.3. The highest BCUT2D eigenvalue weighted by Gasteiger charge is 2.38. The number of rotatable bonds is 7. The zero-order valence-electron chi connectivity index (χ0n) is 34.2. The Hall–Kier alpha value is -7.56. The van der Waals surface area contributed by atoms with Crippen LogP contribution in [0.25, 0.3) is 33.8 Å². The van der Waals surface area contributed by atoms with Crippen LogP contribution < -0.4 is 4.57 Å². The standard InChI is InChI=1S/2C18H14N4O2.C9H9N3.B.2ClH/c1-12-16(13-5-4-8-19-9-13)20-10-21(12)11-22-17(23)14-6-2-3-7-15(14)18(22)24;1-12-16(13-5-4-8-19-9-13)21(10-20-12)11-22-17(23)14-6-2-3-7-15(14)18(22)24;1-7-9(12-6-11-7)8-3-2-4-10-5-8;;;/h2*2-10H,11H2,1H3;2-6H,1H3,(H,11,12);;2*1H/p+1. The summed E-state index contributed by atoms with van der Waals surface area (Å²) < 4.78 is 3.65. The van der Waals surface area contributed by atoms with Crippen LogP contribution >= 0.6 is 24.8 Å². The molecule has 0 spiro atoms. The van der Waals surface area contributed by atoms with Crippen LogP contribution in [0, 0.1) is 20.8 Å². The maximum Gasteiger partial charge on any atom is 0.264 e. The number of hydrogen-bond acceptors (Lipinski definition) is 9. The summed E-state index contributed by atoms with van der Waals surface area (Å²) in [6, 6.07) is 25.3. The molecule has 10 rings (SSSR count). The molecule has 315 valence electrons. The number of halogens is 2. The molecule has 8 aromatic rings. The number of fused-ring (bicyclic) bond motifs is 2. The van der Waals surface area contributed by atoms with Crippen molar-refractivity contribution in [2.75, 3.05) is 0 Å². The molecule has 2 aliphatic rings. The summed E-state index contributed by atoms with van der Waals surface area (Å²) in [6.07, 6.45) is 15.6. The van der Waals surface area contributed by atoms with Gasteiger partial charge in [-0.2, -0.15) is 0 Å². The van der Waals surface area contributed by atoms with Crippen molar-refractivity contribution >= 4 is 56.9 Å². The SMILES string of the molecule is Cc1[nH]c[n+](CN2C(=O)c3ccccc3C2=O)c1-c1cccnc1.Cc1[nH]cnc1-c1cccnc1.Cc1c(-c2cccnc2)ncn1CN1C(=O)c2ccccc2C1=O.Cl.Cl.[B]. The van der Waals surface area contributed by atoms with Crippen LogP contribution in [0.1, 0.15) is 58.5 Å². The molecule has 63 heavy (non-hydrogen) atoms. The molecule has 2 aliphatic heterocycles. The van der Waals surface area contributed by atoms with Crippen molar-refractivity contribution in [1.82, 2.24) is 49.3 Å². The van der Waals surface area contributed by atoms with Crippen LogP contribution in [0.4, 0.5) is 0 Å². The number of amides is 4. The maximum atomic E-state index is 12.5. The minimum absolute atomic E-state index is 0. The number of imide groups is 2. The number of aromatic nitrogens is 9. The zero-order valence-corrected chi connectivity index (χ0v) is 35.9. The number of pyridine rings is 3. The molecule has 6 aromatic heterocycles. The Morgan fingerprint density at radius 1 is 0.556 bits per heavy atom. The third-order valence-electron chi connectivity index (χ3n) is 10.2. The highest BCUT2D eigenvalue weighted by atomic mass is 35.5. The van der Waals surface area contributed by atoms with Crippen LogP contribution in [-0.2, 0) is 13.3 Å². The molecule has 15 nitrogen and oxygen atoms in total. The first kappa shape index (κ1) is 46.5. The van der Waals surface area contributed by atoms with Crippen molar-refractivity contribution in [3.63, 3.8) is 0 Å². The highest BCUT2D eigenvalue weighted by molar-refractivity contribution is 6.21. The van der Waals surface area contributed by atoms with Crippen LogP contribution in [-0.4, -0.2) is 81.3 Å². The van der Waals surface area contributed by atoms with Crippen molar-refractivity contribution in [1.29, 1.82) is 0 Å². The lowest BCUT2D eigenvalue weighted by Crippen LogP contribution is -2.46. The lowest BCUT2D eigenvalue weighted by atomic mass is 10.1. The number of carbonyl (C=O) groups excluding carboxylic acids is 4. The van der Waals surface area contributed by atoms with E-state index in [-0.39, 0.29) is 70.2 Å². The minimum atomic E-state index is -0.272. The van der Waals surface area contributed by atoms with Gasteiger partial charge in [0.15, 0.2) is 12.4 Å². The number of imidazole rings is 3. The molecule has 0 aliphatic carbocycles. The smallest absolute Gasteiger partial charge is 0.264 e. The van der Waals surface area contributed by atoms with Crippen LogP contribution in [0.5, 0.6) is 0 Å². The molecule has 3 radical (unpaired) electrons. The number of benzene rings is 2. The average molecular weight is 881 g/mol. The molecule has 18 heteroatoms. The van der Waals surface area contributed by atoms with Crippen molar-refractivity contribution in [2.45, 2.75) is 34.1 Å². The Morgan fingerprint density at radius 2 is 1.03 bits per heavy atom. The van der Waals surface area contributed by atoms with E-state index in [1.165, 1.54) is 9.80 Å². The first-order valence-corrected chi connectivity index (χ1v) is 18.9. The van der Waals surface area contributed by atoms with Gasteiger partial charge in [-0.25, -0.2) is 24.4 Å². The topological polar surface area (TPSA) is 180 Å². The minimum Gasteiger partial charge on any atom is -0.348 e. The summed E-state index contributed by atoms with van der Waals surface area (Å²) in [4.78, 5) is 79.5. The van der Waals surface area contributed by atoms with E-state index < -0.39 is 0 Å². The van der Waals surface area contributed by atoms with Gasteiger partial charge in [0.25, 0.3) is 23.6 Å². The molecule has 0 fully saturated rings. The first-order chi connectivity index (χ1) is 29.2. The molecule has 4 amide bonds. The number of H-pyrrole nitrogens is 2. The van der Waals surface area contributed by atoms with Crippen molar-refractivity contribution in [3.05, 3.63) is 180 Å². The summed E-state index contributed by atoms with van der Waals surface area (Å²) in [6.45, 7) is 6.15. The van der Waals surface area contributed by atoms with Crippen LogP contribution in [0.15, 0.2) is 141 Å². The molecule has 0 atom stereocenters. The fourth-order valence-electron chi connectivity index (χ4n) is 7.08. The third kappa shape index (κ3) is 9.37. The van der Waals surface area contributed by atoms with Gasteiger partial charge in [-0.1, -0.05) is 24.3 Å². The van der Waals surface area contributed by atoms with Crippen LogP contribution in [0.2, 0.25) is 0 Å². The Labute approximate surface area is 376 Å².